The average molecular weight is 358 g/mol. The van der Waals surface area contributed by atoms with Crippen molar-refractivity contribution in [1.29, 1.82) is 5.26 Å². The standard InChI is InChI=1S/C9H7BrF3N3O2S/c10-7-2-1-6(4-14)8(3-7)16-19(17,18)15-5-9(11,12)13/h1-3,15-16H,5H2. The number of nitriles is 1. The zero-order valence-corrected chi connectivity index (χ0v) is 11.5. The molecule has 0 spiro atoms. The van der Waals surface area contributed by atoms with Crippen LogP contribution in [0.4, 0.5) is 18.9 Å². The molecule has 10 heteroatoms. The van der Waals surface area contributed by atoms with Crippen molar-refractivity contribution < 1.29 is 21.6 Å². The normalized spacial score (nSPS) is 11.9. The van der Waals surface area contributed by atoms with Crippen LogP contribution in [-0.4, -0.2) is 21.1 Å². The van der Waals surface area contributed by atoms with Crippen LogP contribution in [0.15, 0.2) is 22.7 Å². The van der Waals surface area contributed by atoms with E-state index in [0.29, 0.717) is 4.47 Å². The van der Waals surface area contributed by atoms with Gasteiger partial charge in [-0.25, -0.2) is 0 Å². The largest absolute Gasteiger partial charge is 0.402 e. The fourth-order valence-corrected chi connectivity index (χ4v) is 2.30. The molecule has 19 heavy (non-hydrogen) atoms. The predicted molar refractivity (Wildman–Crippen MR) is 65.5 cm³/mol. The van der Waals surface area contributed by atoms with Gasteiger partial charge in [0.1, 0.15) is 12.6 Å². The van der Waals surface area contributed by atoms with Crippen molar-refractivity contribution in [3.05, 3.63) is 28.2 Å². The summed E-state index contributed by atoms with van der Waals surface area (Å²) in [4.78, 5) is 0. The van der Waals surface area contributed by atoms with Gasteiger partial charge in [-0.3, -0.25) is 4.72 Å². The van der Waals surface area contributed by atoms with Gasteiger partial charge in [-0.2, -0.15) is 31.6 Å². The maximum Gasteiger partial charge on any atom is 0.402 e. The van der Waals surface area contributed by atoms with Crippen molar-refractivity contribution >= 4 is 31.8 Å². The molecular formula is C9H7BrF3N3O2S. The summed E-state index contributed by atoms with van der Waals surface area (Å²) in [6.07, 6.45) is -4.66. The van der Waals surface area contributed by atoms with Crippen LogP contribution in [0.3, 0.4) is 0 Å². The van der Waals surface area contributed by atoms with Crippen molar-refractivity contribution in [3.63, 3.8) is 0 Å². The maximum absolute atomic E-state index is 11.9. The van der Waals surface area contributed by atoms with Crippen LogP contribution in [0, 0.1) is 11.3 Å². The highest BCUT2D eigenvalue weighted by Crippen LogP contribution is 2.21. The second kappa shape index (κ2) is 5.77. The lowest BCUT2D eigenvalue weighted by Gasteiger charge is -2.12. The number of alkyl halides is 3. The Hall–Kier alpha value is -1.31. The molecule has 0 aliphatic heterocycles. The van der Waals surface area contributed by atoms with Crippen molar-refractivity contribution in [3.8, 4) is 6.07 Å². The number of rotatable bonds is 4. The molecule has 2 N–H and O–H groups in total. The molecule has 0 heterocycles. The van der Waals surface area contributed by atoms with E-state index in [1.807, 2.05) is 4.72 Å². The zero-order valence-electron chi connectivity index (χ0n) is 9.12. The first-order valence-electron chi connectivity index (χ1n) is 4.67. The summed E-state index contributed by atoms with van der Waals surface area (Å²) in [5.41, 5.74) is -0.132. The first-order valence-corrected chi connectivity index (χ1v) is 6.94. The van der Waals surface area contributed by atoms with Crippen LogP contribution < -0.4 is 9.44 Å². The summed E-state index contributed by atoms with van der Waals surface area (Å²) in [5.74, 6) is 0. The topological polar surface area (TPSA) is 82.0 Å². The van der Waals surface area contributed by atoms with Gasteiger partial charge in [0, 0.05) is 4.47 Å². The first-order chi connectivity index (χ1) is 8.63. The molecule has 0 fully saturated rings. The summed E-state index contributed by atoms with van der Waals surface area (Å²) in [6, 6.07) is 5.81. The van der Waals surface area contributed by atoms with Crippen molar-refractivity contribution in [2.24, 2.45) is 0 Å². The Morgan fingerprint density at radius 2 is 2.00 bits per heavy atom. The Labute approximate surface area is 115 Å². The summed E-state index contributed by atoms with van der Waals surface area (Å²) in [6.45, 7) is -1.70. The number of anilines is 1. The van der Waals surface area contributed by atoms with Crippen LogP contribution >= 0.6 is 15.9 Å². The Kier molecular flexibility index (Phi) is 4.78. The lowest BCUT2D eigenvalue weighted by molar-refractivity contribution is -0.121. The number of hydrogen-bond acceptors (Lipinski definition) is 3. The van der Waals surface area contributed by atoms with Crippen LogP contribution in [0.1, 0.15) is 5.56 Å². The monoisotopic (exact) mass is 357 g/mol. The minimum absolute atomic E-state index is 0.0133. The van der Waals surface area contributed by atoms with E-state index in [0.717, 1.165) is 0 Å². The molecule has 0 aliphatic rings. The van der Waals surface area contributed by atoms with Gasteiger partial charge in [0.05, 0.1) is 11.3 Å². The summed E-state index contributed by atoms with van der Waals surface area (Å²) in [5, 5.41) is 8.76. The van der Waals surface area contributed by atoms with E-state index in [-0.39, 0.29) is 11.3 Å². The minimum Gasteiger partial charge on any atom is -0.270 e. The highest BCUT2D eigenvalue weighted by Gasteiger charge is 2.29. The number of benzene rings is 1. The van der Waals surface area contributed by atoms with Crippen LogP contribution in [0.5, 0.6) is 0 Å². The fraction of sp³-hybridized carbons (Fsp3) is 0.222. The number of nitrogens with zero attached hydrogens (tertiary/aromatic N) is 1. The van der Waals surface area contributed by atoms with E-state index in [9.17, 15) is 21.6 Å². The lowest BCUT2D eigenvalue weighted by Crippen LogP contribution is -2.37. The van der Waals surface area contributed by atoms with E-state index >= 15 is 0 Å². The Morgan fingerprint density at radius 3 is 2.53 bits per heavy atom. The number of nitrogens with one attached hydrogen (secondary N) is 2. The van der Waals surface area contributed by atoms with Gasteiger partial charge in [0.2, 0.25) is 0 Å². The molecule has 0 aliphatic carbocycles. The smallest absolute Gasteiger partial charge is 0.270 e. The second-order valence-electron chi connectivity index (χ2n) is 3.34. The molecule has 1 aromatic carbocycles. The molecule has 0 saturated carbocycles. The molecule has 0 radical (unpaired) electrons. The molecule has 0 atom stereocenters. The number of hydrogen-bond donors (Lipinski definition) is 2. The molecule has 5 nitrogen and oxygen atoms in total. The van der Waals surface area contributed by atoms with Gasteiger partial charge in [-0.1, -0.05) is 15.9 Å². The Bertz CT molecular complexity index is 610. The van der Waals surface area contributed by atoms with Gasteiger partial charge >= 0.3 is 6.18 Å². The molecule has 0 aromatic heterocycles. The van der Waals surface area contributed by atoms with E-state index in [4.69, 9.17) is 5.26 Å². The second-order valence-corrected chi connectivity index (χ2v) is 5.76. The third-order valence-corrected chi connectivity index (χ3v) is 3.32. The lowest BCUT2D eigenvalue weighted by atomic mass is 10.2. The highest BCUT2D eigenvalue weighted by atomic mass is 79.9. The Morgan fingerprint density at radius 1 is 1.37 bits per heavy atom. The van der Waals surface area contributed by atoms with Crippen LogP contribution in [0.2, 0.25) is 0 Å². The summed E-state index contributed by atoms with van der Waals surface area (Å²) < 4.78 is 62.2. The molecule has 0 bridgehead atoms. The molecule has 1 aromatic rings. The molecular weight excluding hydrogens is 351 g/mol. The summed E-state index contributed by atoms with van der Waals surface area (Å²) in [7, 11) is -4.41. The molecule has 0 amide bonds. The fourth-order valence-electron chi connectivity index (χ4n) is 1.06. The average Bonchev–Trinajstić information content (AvgIpc) is 2.26. The van der Waals surface area contributed by atoms with Crippen LogP contribution in [-0.2, 0) is 10.2 Å². The Balaban J connectivity index is 2.90. The van der Waals surface area contributed by atoms with Crippen molar-refractivity contribution in [1.82, 2.24) is 4.72 Å². The third-order valence-electron chi connectivity index (χ3n) is 1.81. The van der Waals surface area contributed by atoms with E-state index in [1.54, 1.807) is 6.07 Å². The molecule has 0 saturated heterocycles. The van der Waals surface area contributed by atoms with Gasteiger partial charge in [-0.15, -0.1) is 0 Å². The van der Waals surface area contributed by atoms with E-state index < -0.39 is 22.9 Å². The molecule has 104 valence electrons. The van der Waals surface area contributed by atoms with Gasteiger partial charge in [0.15, 0.2) is 0 Å². The zero-order chi connectivity index (χ0) is 14.7. The van der Waals surface area contributed by atoms with Crippen LogP contribution in [0.25, 0.3) is 0 Å². The molecule has 0 unspecified atom stereocenters. The quantitative estimate of drug-likeness (QED) is 0.865. The highest BCUT2D eigenvalue weighted by molar-refractivity contribution is 9.10. The van der Waals surface area contributed by atoms with Gasteiger partial charge in [-0.05, 0) is 18.2 Å². The minimum atomic E-state index is -4.66. The van der Waals surface area contributed by atoms with Crippen molar-refractivity contribution in [2.45, 2.75) is 6.18 Å². The molecule has 1 rings (SSSR count). The van der Waals surface area contributed by atoms with Gasteiger partial charge in [0.25, 0.3) is 10.2 Å². The SMILES string of the molecule is N#Cc1ccc(Br)cc1NS(=O)(=O)NCC(F)(F)F. The van der Waals surface area contributed by atoms with E-state index in [2.05, 4.69) is 15.9 Å². The first kappa shape index (κ1) is 15.7. The van der Waals surface area contributed by atoms with Crippen molar-refractivity contribution in [2.75, 3.05) is 11.3 Å². The van der Waals surface area contributed by atoms with E-state index in [1.165, 1.54) is 22.9 Å². The maximum atomic E-state index is 11.9. The summed E-state index contributed by atoms with van der Waals surface area (Å²) >= 11 is 3.06. The predicted octanol–water partition coefficient (Wildman–Crippen LogP) is 2.13. The third kappa shape index (κ3) is 5.46. The number of halogens is 4. The van der Waals surface area contributed by atoms with Gasteiger partial charge < -0.3 is 0 Å².